The zero-order valence-corrected chi connectivity index (χ0v) is 12.2. The van der Waals surface area contributed by atoms with Crippen LogP contribution in [0.3, 0.4) is 0 Å². The van der Waals surface area contributed by atoms with Crippen LogP contribution in [0.1, 0.15) is 11.1 Å². The average molecular weight is 351 g/mol. The summed E-state index contributed by atoms with van der Waals surface area (Å²) in [7, 11) is -4.41. The molecule has 23 heavy (non-hydrogen) atoms. The van der Waals surface area contributed by atoms with Gasteiger partial charge in [-0.05, 0) is 29.8 Å². The van der Waals surface area contributed by atoms with Gasteiger partial charge in [0.1, 0.15) is 16.5 Å². The van der Waals surface area contributed by atoms with E-state index in [1.54, 1.807) is 0 Å². The highest BCUT2D eigenvalue weighted by atomic mass is 32.2. The lowest BCUT2D eigenvalue weighted by atomic mass is 10.1. The number of alkyl halides is 3. The fraction of sp³-hybridized carbons (Fsp3) is 0.143. The SMILES string of the molecule is O=S(=O)(NCc1cccc(C(F)(F)F)c1)c1cc(F)ccc1F. The Balaban J connectivity index is 2.22. The molecule has 2 aromatic carbocycles. The Morgan fingerprint density at radius 1 is 1.00 bits per heavy atom. The van der Waals surface area contributed by atoms with E-state index in [4.69, 9.17) is 0 Å². The van der Waals surface area contributed by atoms with Crippen molar-refractivity contribution >= 4 is 10.0 Å². The zero-order valence-electron chi connectivity index (χ0n) is 11.4. The van der Waals surface area contributed by atoms with E-state index in [0.717, 1.165) is 24.3 Å². The van der Waals surface area contributed by atoms with Crippen LogP contribution in [-0.4, -0.2) is 8.42 Å². The van der Waals surface area contributed by atoms with Gasteiger partial charge in [0.15, 0.2) is 0 Å². The van der Waals surface area contributed by atoms with Gasteiger partial charge in [-0.25, -0.2) is 21.9 Å². The van der Waals surface area contributed by atoms with E-state index in [2.05, 4.69) is 0 Å². The van der Waals surface area contributed by atoms with Gasteiger partial charge in [0.2, 0.25) is 10.0 Å². The molecule has 2 rings (SSSR count). The maximum Gasteiger partial charge on any atom is 0.416 e. The molecule has 124 valence electrons. The summed E-state index contributed by atoms with van der Waals surface area (Å²) in [4.78, 5) is -0.913. The van der Waals surface area contributed by atoms with Gasteiger partial charge in [0, 0.05) is 6.54 Å². The minimum atomic E-state index is -4.57. The van der Waals surface area contributed by atoms with Crippen molar-refractivity contribution in [2.75, 3.05) is 0 Å². The van der Waals surface area contributed by atoms with E-state index < -0.39 is 44.8 Å². The van der Waals surface area contributed by atoms with Crippen LogP contribution >= 0.6 is 0 Å². The maximum atomic E-state index is 13.5. The monoisotopic (exact) mass is 351 g/mol. The Labute approximate surface area is 128 Å². The Hall–Kier alpha value is -2.00. The summed E-state index contributed by atoms with van der Waals surface area (Å²) in [6.45, 7) is -0.498. The lowest BCUT2D eigenvalue weighted by Crippen LogP contribution is -2.24. The fourth-order valence-electron chi connectivity index (χ4n) is 1.80. The van der Waals surface area contributed by atoms with E-state index >= 15 is 0 Å². The number of hydrogen-bond acceptors (Lipinski definition) is 2. The molecule has 0 saturated heterocycles. The van der Waals surface area contributed by atoms with Gasteiger partial charge in [-0.3, -0.25) is 0 Å². The van der Waals surface area contributed by atoms with Crippen molar-refractivity contribution in [3.8, 4) is 0 Å². The summed E-state index contributed by atoms with van der Waals surface area (Å²) in [6, 6.07) is 5.89. The first-order chi connectivity index (χ1) is 10.6. The summed E-state index contributed by atoms with van der Waals surface area (Å²) < 4.78 is 90.0. The van der Waals surface area contributed by atoms with Gasteiger partial charge >= 0.3 is 6.18 Å². The molecule has 0 fully saturated rings. The lowest BCUT2D eigenvalue weighted by Gasteiger charge is -2.10. The molecule has 0 amide bonds. The molecule has 0 spiro atoms. The molecule has 1 N–H and O–H groups in total. The molecule has 2 aromatic rings. The molecule has 0 saturated carbocycles. The summed E-state index contributed by atoms with van der Waals surface area (Å²) in [5, 5.41) is 0. The first-order valence-corrected chi connectivity index (χ1v) is 7.69. The standard InChI is InChI=1S/C14H10F5NO2S/c15-11-4-5-12(16)13(7-11)23(21,22)20-8-9-2-1-3-10(6-9)14(17,18)19/h1-7,20H,8H2. The molecular formula is C14H10F5NO2S. The number of sulfonamides is 1. The second-order valence-corrected chi connectivity index (χ2v) is 6.33. The predicted octanol–water partition coefficient (Wildman–Crippen LogP) is 3.46. The number of rotatable bonds is 4. The summed E-state index contributed by atoms with van der Waals surface area (Å²) >= 11 is 0. The van der Waals surface area contributed by atoms with Crippen molar-refractivity contribution in [2.24, 2.45) is 0 Å². The second kappa shape index (κ2) is 6.25. The third-order valence-electron chi connectivity index (χ3n) is 2.90. The van der Waals surface area contributed by atoms with Crippen LogP contribution in [0.4, 0.5) is 22.0 Å². The molecule has 3 nitrogen and oxygen atoms in total. The van der Waals surface area contributed by atoms with Crippen molar-refractivity contribution < 1.29 is 30.4 Å². The summed E-state index contributed by atoms with van der Waals surface area (Å²) in [6.07, 6.45) is -4.57. The number of benzene rings is 2. The van der Waals surface area contributed by atoms with Crippen molar-refractivity contribution in [3.05, 3.63) is 65.2 Å². The van der Waals surface area contributed by atoms with E-state index in [0.29, 0.717) is 12.1 Å². The highest BCUT2D eigenvalue weighted by Gasteiger charge is 2.30. The Morgan fingerprint density at radius 2 is 1.70 bits per heavy atom. The average Bonchev–Trinajstić information content (AvgIpc) is 2.47. The molecule has 0 radical (unpaired) electrons. The molecule has 0 aromatic heterocycles. The van der Waals surface area contributed by atoms with Gasteiger partial charge in [-0.1, -0.05) is 18.2 Å². The fourth-order valence-corrected chi connectivity index (χ4v) is 2.90. The van der Waals surface area contributed by atoms with Gasteiger partial charge in [-0.2, -0.15) is 13.2 Å². The molecule has 9 heteroatoms. The summed E-state index contributed by atoms with van der Waals surface area (Å²) in [5.41, 5.74) is -0.911. The van der Waals surface area contributed by atoms with Crippen LogP contribution in [0, 0.1) is 11.6 Å². The predicted molar refractivity (Wildman–Crippen MR) is 71.8 cm³/mol. The second-order valence-electron chi connectivity index (χ2n) is 4.60. The number of hydrogen-bond donors (Lipinski definition) is 1. The molecule has 0 atom stereocenters. The van der Waals surface area contributed by atoms with Crippen LogP contribution in [0.5, 0.6) is 0 Å². The van der Waals surface area contributed by atoms with E-state index in [1.807, 2.05) is 4.72 Å². The molecule has 0 heterocycles. The van der Waals surface area contributed by atoms with Crippen LogP contribution < -0.4 is 4.72 Å². The lowest BCUT2D eigenvalue weighted by molar-refractivity contribution is -0.137. The highest BCUT2D eigenvalue weighted by Crippen LogP contribution is 2.29. The molecule has 0 bridgehead atoms. The third kappa shape index (κ3) is 4.26. The van der Waals surface area contributed by atoms with Crippen LogP contribution in [0.2, 0.25) is 0 Å². The molecule has 0 aliphatic rings. The van der Waals surface area contributed by atoms with Crippen molar-refractivity contribution in [1.82, 2.24) is 4.72 Å². The molecular weight excluding hydrogens is 341 g/mol. The number of halogens is 5. The van der Waals surface area contributed by atoms with Gasteiger partial charge in [-0.15, -0.1) is 0 Å². The van der Waals surface area contributed by atoms with E-state index in [9.17, 15) is 30.4 Å². The van der Waals surface area contributed by atoms with Gasteiger partial charge in [0.25, 0.3) is 0 Å². The van der Waals surface area contributed by atoms with Crippen LogP contribution in [0.15, 0.2) is 47.4 Å². The Kier molecular flexibility index (Phi) is 4.71. The number of nitrogens with one attached hydrogen (secondary N) is 1. The van der Waals surface area contributed by atoms with Crippen LogP contribution in [-0.2, 0) is 22.7 Å². The van der Waals surface area contributed by atoms with Crippen molar-refractivity contribution in [1.29, 1.82) is 0 Å². The maximum absolute atomic E-state index is 13.5. The first kappa shape index (κ1) is 17.4. The quantitative estimate of drug-likeness (QED) is 0.858. The van der Waals surface area contributed by atoms with Crippen molar-refractivity contribution in [3.63, 3.8) is 0 Å². The normalized spacial score (nSPS) is 12.4. The Bertz CT molecular complexity index is 818. The van der Waals surface area contributed by atoms with E-state index in [-0.39, 0.29) is 5.56 Å². The smallest absolute Gasteiger partial charge is 0.207 e. The largest absolute Gasteiger partial charge is 0.416 e. The van der Waals surface area contributed by atoms with E-state index in [1.165, 1.54) is 6.07 Å². The minimum Gasteiger partial charge on any atom is -0.207 e. The Morgan fingerprint density at radius 3 is 2.35 bits per heavy atom. The zero-order chi connectivity index (χ0) is 17.3. The third-order valence-corrected chi connectivity index (χ3v) is 4.32. The molecule has 0 aliphatic carbocycles. The van der Waals surface area contributed by atoms with Crippen LogP contribution in [0.25, 0.3) is 0 Å². The highest BCUT2D eigenvalue weighted by molar-refractivity contribution is 7.89. The minimum absolute atomic E-state index is 0.0280. The topological polar surface area (TPSA) is 46.2 Å². The van der Waals surface area contributed by atoms with Gasteiger partial charge < -0.3 is 0 Å². The first-order valence-electron chi connectivity index (χ1n) is 6.20. The van der Waals surface area contributed by atoms with Gasteiger partial charge in [0.05, 0.1) is 5.56 Å². The summed E-state index contributed by atoms with van der Waals surface area (Å²) in [5.74, 6) is -2.12. The molecule has 0 unspecified atom stereocenters. The molecule has 0 aliphatic heterocycles. The van der Waals surface area contributed by atoms with Crippen molar-refractivity contribution in [2.45, 2.75) is 17.6 Å².